The summed E-state index contributed by atoms with van der Waals surface area (Å²) in [6, 6.07) is 5.32. The van der Waals surface area contributed by atoms with E-state index in [0.717, 1.165) is 25.9 Å². The van der Waals surface area contributed by atoms with E-state index in [2.05, 4.69) is 20.1 Å². The first kappa shape index (κ1) is 18.6. The van der Waals surface area contributed by atoms with Crippen LogP contribution in [-0.2, 0) is 16.0 Å². The first-order valence-electron chi connectivity index (χ1n) is 8.37. The van der Waals surface area contributed by atoms with E-state index >= 15 is 0 Å². The van der Waals surface area contributed by atoms with Crippen LogP contribution in [0.15, 0.2) is 24.3 Å². The third-order valence-corrected chi connectivity index (χ3v) is 3.74. The van der Waals surface area contributed by atoms with Crippen molar-refractivity contribution in [3.05, 3.63) is 24.3 Å². The largest absolute Gasteiger partial charge is 0.573 e. The summed E-state index contributed by atoms with van der Waals surface area (Å²) in [5.41, 5.74) is 0.553. The molecule has 1 atom stereocenters. The second kappa shape index (κ2) is 8.45. The lowest BCUT2D eigenvalue weighted by atomic mass is 10.2. The van der Waals surface area contributed by atoms with Gasteiger partial charge in [-0.05, 0) is 55.2 Å². The lowest BCUT2D eigenvalue weighted by Gasteiger charge is -2.22. The van der Waals surface area contributed by atoms with E-state index in [9.17, 15) is 13.2 Å². The van der Waals surface area contributed by atoms with Crippen molar-refractivity contribution in [1.82, 2.24) is 20.2 Å². The van der Waals surface area contributed by atoms with E-state index in [0.29, 0.717) is 31.0 Å². The highest BCUT2D eigenvalue weighted by molar-refractivity contribution is 5.55. The zero-order valence-electron chi connectivity index (χ0n) is 14.0. The predicted octanol–water partition coefficient (Wildman–Crippen LogP) is 3.17. The summed E-state index contributed by atoms with van der Waals surface area (Å²) in [5, 5.41) is 12.1. The molecular weight excluding hydrogens is 353 g/mol. The zero-order valence-corrected chi connectivity index (χ0v) is 14.0. The Morgan fingerprint density at radius 2 is 2.00 bits per heavy atom. The summed E-state index contributed by atoms with van der Waals surface area (Å²) in [6.45, 7) is 1.80. The predicted molar refractivity (Wildman–Crippen MR) is 84.1 cm³/mol. The van der Waals surface area contributed by atoms with Crippen LogP contribution in [0.3, 0.4) is 0 Å². The fourth-order valence-electron chi connectivity index (χ4n) is 2.52. The van der Waals surface area contributed by atoms with Gasteiger partial charge in [0.05, 0.1) is 13.2 Å². The van der Waals surface area contributed by atoms with E-state index in [1.807, 2.05) is 0 Å². The van der Waals surface area contributed by atoms with Gasteiger partial charge < -0.3 is 14.2 Å². The molecule has 0 amide bonds. The second-order valence-electron chi connectivity index (χ2n) is 5.80. The van der Waals surface area contributed by atoms with Crippen LogP contribution in [0.2, 0.25) is 0 Å². The average Bonchev–Trinajstić information content (AvgIpc) is 3.08. The van der Waals surface area contributed by atoms with Gasteiger partial charge >= 0.3 is 6.36 Å². The van der Waals surface area contributed by atoms with E-state index in [-0.39, 0.29) is 12.0 Å². The van der Waals surface area contributed by atoms with Crippen molar-refractivity contribution in [2.45, 2.75) is 44.9 Å². The lowest BCUT2D eigenvalue weighted by molar-refractivity contribution is -0.274. The lowest BCUT2D eigenvalue weighted by Crippen LogP contribution is -2.23. The third-order valence-electron chi connectivity index (χ3n) is 3.74. The molecule has 0 saturated carbocycles. The number of hydrogen-bond donors (Lipinski definition) is 0. The van der Waals surface area contributed by atoms with Gasteiger partial charge in [0.25, 0.3) is 0 Å². The molecular formula is C16H19F3N4O3. The Morgan fingerprint density at radius 3 is 2.69 bits per heavy atom. The molecule has 142 valence electrons. The van der Waals surface area contributed by atoms with Gasteiger partial charge in [-0.3, -0.25) is 0 Å². The number of alkyl halides is 3. The summed E-state index contributed by atoms with van der Waals surface area (Å²) in [6.07, 6.45) is -1.03. The minimum absolute atomic E-state index is 0.125. The number of tetrazole rings is 1. The SMILES string of the molecule is FC(F)(F)Oc1ccc(-c2nnn(CCCOC3CCCCO3)n2)cc1. The summed E-state index contributed by atoms with van der Waals surface area (Å²) >= 11 is 0. The van der Waals surface area contributed by atoms with Gasteiger partial charge in [-0.15, -0.1) is 23.4 Å². The van der Waals surface area contributed by atoms with E-state index < -0.39 is 6.36 Å². The molecule has 0 radical (unpaired) electrons. The smallest absolute Gasteiger partial charge is 0.406 e. The number of halogens is 3. The number of rotatable bonds is 7. The Bertz CT molecular complexity index is 685. The second-order valence-corrected chi connectivity index (χ2v) is 5.80. The van der Waals surface area contributed by atoms with Gasteiger partial charge in [0.15, 0.2) is 6.29 Å². The highest BCUT2D eigenvalue weighted by Crippen LogP contribution is 2.24. The molecule has 0 bridgehead atoms. The molecule has 0 N–H and O–H groups in total. The number of aromatic nitrogens is 4. The average molecular weight is 372 g/mol. The zero-order chi connectivity index (χ0) is 18.4. The topological polar surface area (TPSA) is 71.3 Å². The van der Waals surface area contributed by atoms with Crippen LogP contribution in [-0.4, -0.2) is 46.1 Å². The maximum Gasteiger partial charge on any atom is 0.573 e. The van der Waals surface area contributed by atoms with Crippen molar-refractivity contribution in [3.8, 4) is 17.1 Å². The molecule has 1 aliphatic heterocycles. The Kier molecular flexibility index (Phi) is 6.04. The van der Waals surface area contributed by atoms with Crippen molar-refractivity contribution in [2.24, 2.45) is 0 Å². The third kappa shape index (κ3) is 5.67. The minimum atomic E-state index is -4.71. The summed E-state index contributed by atoms with van der Waals surface area (Å²) in [5.74, 6) is 0.0378. The molecule has 0 spiro atoms. The fraction of sp³-hybridized carbons (Fsp3) is 0.562. The van der Waals surface area contributed by atoms with Gasteiger partial charge in [-0.25, -0.2) is 0 Å². The molecule has 1 aromatic heterocycles. The standard InChI is InChI=1S/C16H19F3N4O3/c17-16(18,19)26-13-7-5-12(6-8-13)15-20-22-23(21-15)9-3-11-25-14-4-1-2-10-24-14/h5-8,14H,1-4,9-11H2. The number of hydrogen-bond acceptors (Lipinski definition) is 6. The quantitative estimate of drug-likeness (QED) is 0.696. The monoisotopic (exact) mass is 372 g/mol. The molecule has 1 aromatic carbocycles. The normalized spacial score (nSPS) is 18.0. The molecule has 1 aliphatic rings. The Morgan fingerprint density at radius 1 is 1.19 bits per heavy atom. The van der Waals surface area contributed by atoms with Crippen LogP contribution >= 0.6 is 0 Å². The van der Waals surface area contributed by atoms with Crippen molar-refractivity contribution in [1.29, 1.82) is 0 Å². The van der Waals surface area contributed by atoms with Gasteiger partial charge in [-0.2, -0.15) is 4.80 Å². The summed E-state index contributed by atoms with van der Waals surface area (Å²) < 4.78 is 51.4. The number of aryl methyl sites for hydroxylation is 1. The summed E-state index contributed by atoms with van der Waals surface area (Å²) in [7, 11) is 0. The van der Waals surface area contributed by atoms with Crippen LogP contribution in [0.5, 0.6) is 5.75 Å². The number of nitrogens with zero attached hydrogens (tertiary/aromatic N) is 4. The van der Waals surface area contributed by atoms with Crippen molar-refractivity contribution >= 4 is 0 Å². The van der Waals surface area contributed by atoms with Gasteiger partial charge in [0.2, 0.25) is 5.82 Å². The van der Waals surface area contributed by atoms with Crippen LogP contribution in [0.25, 0.3) is 11.4 Å². The van der Waals surface area contributed by atoms with E-state index in [4.69, 9.17) is 9.47 Å². The van der Waals surface area contributed by atoms with Crippen LogP contribution in [0.4, 0.5) is 13.2 Å². The highest BCUT2D eigenvalue weighted by atomic mass is 19.4. The Hall–Kier alpha value is -2.20. The minimum Gasteiger partial charge on any atom is -0.406 e. The Balaban J connectivity index is 1.46. The van der Waals surface area contributed by atoms with Gasteiger partial charge in [-0.1, -0.05) is 0 Å². The van der Waals surface area contributed by atoms with E-state index in [1.54, 1.807) is 0 Å². The number of benzene rings is 1. The molecule has 2 heterocycles. The van der Waals surface area contributed by atoms with Crippen LogP contribution in [0, 0.1) is 0 Å². The van der Waals surface area contributed by atoms with E-state index in [1.165, 1.54) is 29.1 Å². The van der Waals surface area contributed by atoms with Gasteiger partial charge in [0.1, 0.15) is 5.75 Å². The first-order chi connectivity index (χ1) is 12.5. The maximum absolute atomic E-state index is 12.2. The molecule has 2 aromatic rings. The molecule has 3 rings (SSSR count). The highest BCUT2D eigenvalue weighted by Gasteiger charge is 2.31. The van der Waals surface area contributed by atoms with Crippen LogP contribution in [0.1, 0.15) is 25.7 Å². The summed E-state index contributed by atoms with van der Waals surface area (Å²) in [4.78, 5) is 1.43. The molecule has 1 saturated heterocycles. The van der Waals surface area contributed by atoms with Crippen molar-refractivity contribution in [3.63, 3.8) is 0 Å². The number of ether oxygens (including phenoxy) is 3. The maximum atomic E-state index is 12.2. The molecule has 0 aliphatic carbocycles. The molecule has 7 nitrogen and oxygen atoms in total. The first-order valence-corrected chi connectivity index (χ1v) is 8.37. The molecule has 1 unspecified atom stereocenters. The van der Waals surface area contributed by atoms with Crippen molar-refractivity contribution < 1.29 is 27.4 Å². The Labute approximate surface area is 148 Å². The van der Waals surface area contributed by atoms with Crippen LogP contribution < -0.4 is 4.74 Å². The molecule has 10 heteroatoms. The fourth-order valence-corrected chi connectivity index (χ4v) is 2.52. The van der Waals surface area contributed by atoms with Crippen molar-refractivity contribution in [2.75, 3.05) is 13.2 Å². The van der Waals surface area contributed by atoms with Gasteiger partial charge in [0, 0.05) is 12.2 Å². The molecule has 1 fully saturated rings. The molecule has 26 heavy (non-hydrogen) atoms.